The zero-order valence-electron chi connectivity index (χ0n) is 19.1. The maximum Gasteiger partial charge on any atom is 0.341 e. The molecule has 0 bridgehead atoms. The van der Waals surface area contributed by atoms with Crippen LogP contribution in [0.3, 0.4) is 0 Å². The van der Waals surface area contributed by atoms with E-state index >= 15 is 0 Å². The van der Waals surface area contributed by atoms with Gasteiger partial charge in [-0.2, -0.15) is 0 Å². The van der Waals surface area contributed by atoms with Crippen molar-refractivity contribution >= 4 is 45.5 Å². The Labute approximate surface area is 190 Å². The minimum atomic E-state index is -0.472. The third kappa shape index (κ3) is 7.87. The van der Waals surface area contributed by atoms with Crippen LogP contribution < -0.4 is 10.6 Å². The Morgan fingerprint density at radius 2 is 1.63 bits per heavy atom. The summed E-state index contributed by atoms with van der Waals surface area (Å²) in [5.41, 5.74) is 0.999. The molecule has 1 rings (SSSR count). The van der Waals surface area contributed by atoms with Gasteiger partial charge in [0, 0.05) is 19.6 Å². The first-order valence-corrected chi connectivity index (χ1v) is 12.2. The molecule has 0 aliphatic heterocycles. The maximum atomic E-state index is 12.8. The molecule has 0 atom stereocenters. The van der Waals surface area contributed by atoms with E-state index in [1.807, 2.05) is 13.8 Å². The highest BCUT2D eigenvalue weighted by Gasteiger charge is 2.27. The summed E-state index contributed by atoms with van der Waals surface area (Å²) in [6.07, 6.45) is 8.65. The molecule has 170 valence electrons. The fourth-order valence-corrected chi connectivity index (χ4v) is 4.68. The van der Waals surface area contributed by atoms with Gasteiger partial charge < -0.3 is 20.3 Å². The predicted molar refractivity (Wildman–Crippen MR) is 130 cm³/mol. The van der Waals surface area contributed by atoms with Gasteiger partial charge in [-0.15, -0.1) is 11.3 Å². The molecule has 0 aromatic carbocycles. The molecule has 1 heterocycles. The maximum absolute atomic E-state index is 12.8. The van der Waals surface area contributed by atoms with Crippen LogP contribution in [0.5, 0.6) is 0 Å². The second-order valence-electron chi connectivity index (χ2n) is 7.23. The van der Waals surface area contributed by atoms with Crippen LogP contribution in [0.4, 0.5) is 5.00 Å². The lowest BCUT2D eigenvalue weighted by Crippen LogP contribution is -2.30. The fourth-order valence-electron chi connectivity index (χ4n) is 3.24. The summed E-state index contributed by atoms with van der Waals surface area (Å²) in [5.74, 6) is -0.553. The number of carbonyl (C=O) groups is 2. The van der Waals surface area contributed by atoms with E-state index < -0.39 is 5.97 Å². The zero-order valence-corrected chi connectivity index (χ0v) is 20.7. The first-order chi connectivity index (χ1) is 14.4. The molecule has 0 radical (unpaired) electrons. The lowest BCUT2D eigenvalue weighted by Gasteiger charge is -2.17. The molecule has 0 fully saturated rings. The number of nitrogens with one attached hydrogen (secondary N) is 2. The van der Waals surface area contributed by atoms with E-state index in [4.69, 9.17) is 17.0 Å². The number of thiophene rings is 1. The molecule has 6 nitrogen and oxygen atoms in total. The summed E-state index contributed by atoms with van der Waals surface area (Å²) < 4.78 is 4.94. The molecule has 0 saturated heterocycles. The van der Waals surface area contributed by atoms with Gasteiger partial charge in [0.05, 0.1) is 17.6 Å². The highest BCUT2D eigenvalue weighted by atomic mass is 32.1. The SMILES string of the molecule is CCCCCCCCCNC(=S)Nc1sc(C(=O)N(CC)CC)c(C)c1C(=O)OC. The van der Waals surface area contributed by atoms with Crippen LogP contribution in [0.15, 0.2) is 0 Å². The van der Waals surface area contributed by atoms with Crippen LogP contribution in [-0.4, -0.2) is 48.6 Å². The number of methoxy groups -OCH3 is 1. The normalized spacial score (nSPS) is 10.6. The standard InChI is InChI=1S/C22H37N3O3S2/c1-6-9-10-11-12-13-14-15-23-22(29)24-19-17(21(27)28-5)16(4)18(30-19)20(26)25(7-2)8-3/h6-15H2,1-5H3,(H2,23,24,29). The largest absolute Gasteiger partial charge is 0.465 e. The highest BCUT2D eigenvalue weighted by molar-refractivity contribution is 7.80. The topological polar surface area (TPSA) is 70.7 Å². The Bertz CT molecular complexity index is 700. The van der Waals surface area contributed by atoms with Gasteiger partial charge in [0.1, 0.15) is 5.00 Å². The van der Waals surface area contributed by atoms with Crippen molar-refractivity contribution in [1.82, 2.24) is 10.2 Å². The molecule has 0 saturated carbocycles. The van der Waals surface area contributed by atoms with Crippen LogP contribution in [0.25, 0.3) is 0 Å². The van der Waals surface area contributed by atoms with E-state index in [2.05, 4.69) is 17.6 Å². The lowest BCUT2D eigenvalue weighted by atomic mass is 10.1. The van der Waals surface area contributed by atoms with Crippen molar-refractivity contribution < 1.29 is 14.3 Å². The molecule has 8 heteroatoms. The van der Waals surface area contributed by atoms with Gasteiger partial charge in [0.15, 0.2) is 5.11 Å². The van der Waals surface area contributed by atoms with Gasteiger partial charge in [0.25, 0.3) is 5.91 Å². The minimum Gasteiger partial charge on any atom is -0.465 e. The molecule has 0 spiro atoms. The molecular weight excluding hydrogens is 418 g/mol. The van der Waals surface area contributed by atoms with E-state index in [1.54, 1.807) is 11.8 Å². The Hall–Kier alpha value is -1.67. The summed E-state index contributed by atoms with van der Waals surface area (Å²) in [5, 5.41) is 7.30. The molecule has 1 aromatic heterocycles. The summed E-state index contributed by atoms with van der Waals surface area (Å²) in [6.45, 7) is 9.88. The van der Waals surface area contributed by atoms with Gasteiger partial charge in [0.2, 0.25) is 0 Å². The number of anilines is 1. The second-order valence-corrected chi connectivity index (χ2v) is 8.66. The van der Waals surface area contributed by atoms with Crippen molar-refractivity contribution in [3.8, 4) is 0 Å². The number of hydrogen-bond donors (Lipinski definition) is 2. The molecule has 0 aliphatic carbocycles. The monoisotopic (exact) mass is 455 g/mol. The highest BCUT2D eigenvalue weighted by Crippen LogP contribution is 2.34. The van der Waals surface area contributed by atoms with Gasteiger partial charge in [-0.3, -0.25) is 4.79 Å². The van der Waals surface area contributed by atoms with E-state index in [-0.39, 0.29) is 5.91 Å². The summed E-state index contributed by atoms with van der Waals surface area (Å²) in [6, 6.07) is 0. The number of unbranched alkanes of at least 4 members (excludes halogenated alkanes) is 6. The molecule has 0 unspecified atom stereocenters. The molecule has 0 aliphatic rings. The van der Waals surface area contributed by atoms with E-state index in [0.29, 0.717) is 39.2 Å². The number of thiocarbonyl (C=S) groups is 1. The second kappa shape index (κ2) is 14.4. The summed E-state index contributed by atoms with van der Waals surface area (Å²) in [4.78, 5) is 27.5. The zero-order chi connectivity index (χ0) is 22.5. The van der Waals surface area contributed by atoms with Crippen molar-refractivity contribution in [1.29, 1.82) is 0 Å². The van der Waals surface area contributed by atoms with Crippen LogP contribution in [-0.2, 0) is 4.74 Å². The first-order valence-electron chi connectivity index (χ1n) is 11.0. The van der Waals surface area contributed by atoms with Gasteiger partial charge in [-0.05, 0) is 45.0 Å². The number of carbonyl (C=O) groups excluding carboxylic acids is 2. The Morgan fingerprint density at radius 3 is 2.20 bits per heavy atom. The van der Waals surface area contributed by atoms with Gasteiger partial charge in [-0.1, -0.05) is 45.4 Å². The number of rotatable bonds is 13. The summed E-state index contributed by atoms with van der Waals surface area (Å²) >= 11 is 6.66. The Morgan fingerprint density at radius 1 is 1.03 bits per heavy atom. The molecule has 30 heavy (non-hydrogen) atoms. The number of hydrogen-bond acceptors (Lipinski definition) is 5. The predicted octanol–water partition coefficient (Wildman–Crippen LogP) is 5.36. The minimum absolute atomic E-state index is 0.0809. The molecule has 2 N–H and O–H groups in total. The van der Waals surface area contributed by atoms with Crippen LogP contribution in [0, 0.1) is 6.92 Å². The van der Waals surface area contributed by atoms with Crippen LogP contribution in [0.2, 0.25) is 0 Å². The van der Waals surface area contributed by atoms with Crippen molar-refractivity contribution in [3.63, 3.8) is 0 Å². The van der Waals surface area contributed by atoms with E-state index in [9.17, 15) is 9.59 Å². The van der Waals surface area contributed by atoms with Crippen molar-refractivity contribution in [2.75, 3.05) is 32.1 Å². The number of amides is 1. The molecule has 1 aromatic rings. The van der Waals surface area contributed by atoms with Crippen LogP contribution >= 0.6 is 23.6 Å². The molecular formula is C22H37N3O3S2. The average Bonchev–Trinajstić information content (AvgIpc) is 3.05. The van der Waals surface area contributed by atoms with Crippen molar-refractivity contribution in [3.05, 3.63) is 16.0 Å². The quantitative estimate of drug-likeness (QED) is 0.237. The van der Waals surface area contributed by atoms with E-state index in [0.717, 1.165) is 13.0 Å². The Balaban J connectivity index is 2.73. The first kappa shape index (κ1) is 26.4. The van der Waals surface area contributed by atoms with Crippen molar-refractivity contribution in [2.24, 2.45) is 0 Å². The number of nitrogens with zero attached hydrogens (tertiary/aromatic N) is 1. The molecule has 1 amide bonds. The van der Waals surface area contributed by atoms with E-state index in [1.165, 1.54) is 57.0 Å². The third-order valence-corrected chi connectivity index (χ3v) is 6.52. The number of esters is 1. The lowest BCUT2D eigenvalue weighted by molar-refractivity contribution is 0.0601. The fraction of sp³-hybridized carbons (Fsp3) is 0.682. The van der Waals surface area contributed by atoms with Crippen molar-refractivity contribution in [2.45, 2.75) is 72.6 Å². The average molecular weight is 456 g/mol. The van der Waals surface area contributed by atoms with Gasteiger partial charge >= 0.3 is 5.97 Å². The Kier molecular flexibility index (Phi) is 12.6. The summed E-state index contributed by atoms with van der Waals surface area (Å²) in [7, 11) is 1.34. The van der Waals surface area contributed by atoms with Gasteiger partial charge in [-0.25, -0.2) is 4.79 Å². The smallest absolute Gasteiger partial charge is 0.341 e. The third-order valence-electron chi connectivity index (χ3n) is 5.07. The number of ether oxygens (including phenoxy) is 1. The van der Waals surface area contributed by atoms with Crippen LogP contribution in [0.1, 0.15) is 91.3 Å².